The third-order valence-corrected chi connectivity index (χ3v) is 12.6. The Hall–Kier alpha value is -2.17. The normalized spacial score (nSPS) is 12.7. The van der Waals surface area contributed by atoms with E-state index in [1.807, 2.05) is 0 Å². The van der Waals surface area contributed by atoms with Crippen molar-refractivity contribution in [3.8, 4) is 0 Å². The molecule has 17 heteroatoms. The number of hydrogen-bond acceptors (Lipinski definition) is 13. The predicted octanol–water partition coefficient (Wildman–Crippen LogP) is 11.8. The number of amides is 1. The average Bonchev–Trinajstić information content (AvgIpc) is 3.32. The number of hydrogen-bond donors (Lipinski definition) is 3. The molecule has 408 valence electrons. The second-order valence-corrected chi connectivity index (χ2v) is 19.6. The van der Waals surface area contributed by atoms with Gasteiger partial charge in [0.15, 0.2) is 6.10 Å². The zero-order valence-corrected chi connectivity index (χ0v) is 44.4. The van der Waals surface area contributed by atoms with Gasteiger partial charge in [-0.15, -0.1) is 0 Å². The highest BCUT2D eigenvalue weighted by Crippen LogP contribution is 2.43. The summed E-state index contributed by atoms with van der Waals surface area (Å²) in [7, 11) is -4.62. The number of nitrogens with one attached hydrogen (secondary N) is 1. The van der Waals surface area contributed by atoms with Crippen molar-refractivity contribution in [3.63, 3.8) is 0 Å². The average molecular weight is 1010 g/mol. The third kappa shape index (κ3) is 53.5. The molecular weight excluding hydrogens is 910 g/mol. The van der Waals surface area contributed by atoms with Crippen LogP contribution in [0.15, 0.2) is 0 Å². The summed E-state index contributed by atoms with van der Waals surface area (Å²) in [4.78, 5) is 58.3. The fraction of sp³-hybridized carbons (Fsp3) is 0.923. The van der Waals surface area contributed by atoms with Crippen LogP contribution in [0.3, 0.4) is 0 Å². The van der Waals surface area contributed by atoms with E-state index in [9.17, 15) is 28.6 Å². The van der Waals surface area contributed by atoms with Gasteiger partial charge in [-0.2, -0.15) is 0 Å². The maximum Gasteiger partial charge on any atom is 0.472 e. The molecule has 0 spiro atoms. The second kappa shape index (κ2) is 52.2. The van der Waals surface area contributed by atoms with Crippen LogP contribution >= 0.6 is 7.82 Å². The predicted molar refractivity (Wildman–Crippen MR) is 270 cm³/mol. The van der Waals surface area contributed by atoms with E-state index in [-0.39, 0.29) is 72.1 Å². The summed E-state index contributed by atoms with van der Waals surface area (Å²) in [6.07, 6.45) is 35.8. The quantitative estimate of drug-likeness (QED) is 0.0294. The number of aliphatic carboxylic acids is 1. The topological polar surface area (TPSA) is 212 Å². The molecule has 16 nitrogen and oxygen atoms in total. The molecule has 0 bridgehead atoms. The lowest BCUT2D eigenvalue weighted by Crippen LogP contribution is -2.31. The summed E-state index contributed by atoms with van der Waals surface area (Å²) in [5.74, 6) is -2.31. The van der Waals surface area contributed by atoms with Gasteiger partial charge in [0.25, 0.3) is 0 Å². The van der Waals surface area contributed by atoms with Crippen LogP contribution in [0.2, 0.25) is 0 Å². The van der Waals surface area contributed by atoms with E-state index in [4.69, 9.17) is 42.6 Å². The number of phosphoric acid groups is 1. The third-order valence-electron chi connectivity index (χ3n) is 11.6. The first-order valence-electron chi connectivity index (χ1n) is 27.4. The minimum Gasteiger partial charge on any atom is -0.481 e. The lowest BCUT2D eigenvalue weighted by Gasteiger charge is -2.20. The number of carboxylic acid groups (broad SMARTS) is 1. The van der Waals surface area contributed by atoms with Crippen molar-refractivity contribution in [2.75, 3.05) is 79.2 Å². The second-order valence-electron chi connectivity index (χ2n) is 18.2. The molecule has 69 heavy (non-hydrogen) atoms. The Morgan fingerprint density at radius 2 is 0.826 bits per heavy atom. The van der Waals surface area contributed by atoms with Crippen molar-refractivity contribution in [2.24, 2.45) is 0 Å². The summed E-state index contributed by atoms with van der Waals surface area (Å²) < 4.78 is 54.9. The maximum atomic E-state index is 12.8. The van der Waals surface area contributed by atoms with E-state index < -0.39 is 44.3 Å². The smallest absolute Gasteiger partial charge is 0.472 e. The number of esters is 2. The molecule has 3 N–H and O–H groups in total. The molecule has 0 aromatic carbocycles. The molecule has 0 heterocycles. The Labute approximate surface area is 418 Å². The molecule has 0 aromatic rings. The van der Waals surface area contributed by atoms with E-state index in [2.05, 4.69) is 19.2 Å². The first kappa shape index (κ1) is 66.8. The Kier molecular flexibility index (Phi) is 50.5. The SMILES string of the molecule is CCCCCCCCCCCCCCCCCC(=O)OCC(COP(=O)(O)OCCNC(=O)COCCOCCOCCOCCC(=O)O)OC(=O)CCCCCCCCCCCCCCCCC. The van der Waals surface area contributed by atoms with Gasteiger partial charge in [-0.3, -0.25) is 28.2 Å². The van der Waals surface area contributed by atoms with Gasteiger partial charge in [0.05, 0.1) is 65.9 Å². The molecule has 1 amide bonds. The van der Waals surface area contributed by atoms with Crippen molar-refractivity contribution in [2.45, 2.75) is 232 Å². The van der Waals surface area contributed by atoms with Gasteiger partial charge >= 0.3 is 25.7 Å². The summed E-state index contributed by atoms with van der Waals surface area (Å²) in [5, 5.41) is 11.1. The first-order chi connectivity index (χ1) is 33.6. The van der Waals surface area contributed by atoms with Gasteiger partial charge < -0.3 is 43.7 Å². The number of carbonyl (C=O) groups excluding carboxylic acids is 3. The van der Waals surface area contributed by atoms with Crippen LogP contribution in [0.5, 0.6) is 0 Å². The number of carboxylic acids is 1. The minimum atomic E-state index is -4.62. The van der Waals surface area contributed by atoms with Crippen LogP contribution in [-0.2, 0) is 61.2 Å². The molecular formula is C52H100NO15P. The number of rotatable bonds is 56. The standard InChI is InChI=1S/C52H100NO15P/c1-3-5-7-9-11-13-15-17-19-21-23-25-27-29-31-33-51(57)65-45-48(68-52(58)34-32-30-28-26-24-22-20-18-16-14-12-10-8-6-4-2)46-67-69(59,60)66-38-36-53-49(54)47-64-44-43-63-42-41-62-40-39-61-37-35-50(55)56/h48H,3-47H2,1-2H3,(H,53,54)(H,55,56)(H,59,60). The Bertz CT molecular complexity index is 1230. The van der Waals surface area contributed by atoms with E-state index in [0.717, 1.165) is 38.5 Å². The largest absolute Gasteiger partial charge is 0.481 e. The number of unbranched alkanes of at least 4 members (excludes halogenated alkanes) is 28. The van der Waals surface area contributed by atoms with Crippen LogP contribution in [0.25, 0.3) is 0 Å². The van der Waals surface area contributed by atoms with Crippen molar-refractivity contribution in [3.05, 3.63) is 0 Å². The highest BCUT2D eigenvalue weighted by molar-refractivity contribution is 7.47. The molecule has 0 rings (SSSR count). The molecule has 0 fully saturated rings. The van der Waals surface area contributed by atoms with Gasteiger partial charge in [-0.05, 0) is 12.8 Å². The van der Waals surface area contributed by atoms with Crippen LogP contribution in [-0.4, -0.2) is 119 Å². The number of carbonyl (C=O) groups is 4. The van der Waals surface area contributed by atoms with Crippen LogP contribution < -0.4 is 5.32 Å². The molecule has 0 aliphatic rings. The molecule has 2 atom stereocenters. The fourth-order valence-electron chi connectivity index (χ4n) is 7.50. The lowest BCUT2D eigenvalue weighted by atomic mass is 10.0. The Balaban J connectivity index is 4.47. The first-order valence-corrected chi connectivity index (χ1v) is 28.9. The summed E-state index contributed by atoms with van der Waals surface area (Å²) in [5.41, 5.74) is 0. The monoisotopic (exact) mass is 1010 g/mol. The molecule has 0 aliphatic heterocycles. The lowest BCUT2D eigenvalue weighted by molar-refractivity contribution is -0.161. The fourth-order valence-corrected chi connectivity index (χ4v) is 8.25. The highest BCUT2D eigenvalue weighted by Gasteiger charge is 2.26. The van der Waals surface area contributed by atoms with Crippen molar-refractivity contribution < 1.29 is 71.2 Å². The zero-order valence-electron chi connectivity index (χ0n) is 43.5. The molecule has 0 aromatic heterocycles. The Morgan fingerprint density at radius 3 is 1.25 bits per heavy atom. The summed E-state index contributed by atoms with van der Waals surface area (Å²) in [6, 6.07) is 0. The van der Waals surface area contributed by atoms with E-state index in [0.29, 0.717) is 32.7 Å². The highest BCUT2D eigenvalue weighted by atomic mass is 31.2. The van der Waals surface area contributed by atoms with Gasteiger partial charge in [-0.1, -0.05) is 194 Å². The molecule has 2 unspecified atom stereocenters. The number of phosphoric ester groups is 1. The molecule has 0 saturated heterocycles. The van der Waals surface area contributed by atoms with E-state index >= 15 is 0 Å². The van der Waals surface area contributed by atoms with Crippen molar-refractivity contribution >= 4 is 31.6 Å². The number of ether oxygens (including phenoxy) is 6. The molecule has 0 saturated carbocycles. The van der Waals surface area contributed by atoms with E-state index in [1.54, 1.807) is 0 Å². The molecule has 0 radical (unpaired) electrons. The van der Waals surface area contributed by atoms with Crippen molar-refractivity contribution in [1.29, 1.82) is 0 Å². The van der Waals surface area contributed by atoms with Crippen LogP contribution in [0, 0.1) is 0 Å². The molecule has 0 aliphatic carbocycles. The van der Waals surface area contributed by atoms with Crippen LogP contribution in [0.1, 0.15) is 226 Å². The van der Waals surface area contributed by atoms with Gasteiger partial charge in [0, 0.05) is 19.4 Å². The minimum absolute atomic E-state index is 0.0581. The van der Waals surface area contributed by atoms with Gasteiger partial charge in [0.1, 0.15) is 13.2 Å². The zero-order chi connectivity index (χ0) is 50.6. The van der Waals surface area contributed by atoms with Gasteiger partial charge in [0.2, 0.25) is 5.91 Å². The Morgan fingerprint density at radius 1 is 0.449 bits per heavy atom. The summed E-state index contributed by atoms with van der Waals surface area (Å²) >= 11 is 0. The summed E-state index contributed by atoms with van der Waals surface area (Å²) in [6.45, 7) is 4.70. The van der Waals surface area contributed by atoms with Crippen LogP contribution in [0.4, 0.5) is 0 Å². The van der Waals surface area contributed by atoms with Gasteiger partial charge in [-0.25, -0.2) is 4.57 Å². The van der Waals surface area contributed by atoms with Crippen molar-refractivity contribution in [1.82, 2.24) is 5.32 Å². The maximum absolute atomic E-state index is 12.8. The van der Waals surface area contributed by atoms with E-state index in [1.165, 1.54) is 141 Å².